The van der Waals surface area contributed by atoms with Crippen LogP contribution in [-0.2, 0) is 16.6 Å². The molecule has 0 unspecified atom stereocenters. The largest absolute Gasteiger partial charge is 0.262 e. The fourth-order valence-electron chi connectivity index (χ4n) is 1.85. The van der Waals surface area contributed by atoms with E-state index in [1.807, 2.05) is 30.3 Å². The molecule has 0 aliphatic heterocycles. The second-order valence-electron chi connectivity index (χ2n) is 4.35. The van der Waals surface area contributed by atoms with E-state index in [1.165, 1.54) is 10.5 Å². The molecule has 0 aliphatic carbocycles. The molecule has 112 valence electrons. The van der Waals surface area contributed by atoms with Gasteiger partial charge >= 0.3 is 0 Å². The van der Waals surface area contributed by atoms with E-state index < -0.39 is 10.0 Å². The smallest absolute Gasteiger partial charge is 0.244 e. The quantitative estimate of drug-likeness (QED) is 0.655. The average molecular weight is 434 g/mol. The number of nitrogens with zero attached hydrogens (tertiary/aromatic N) is 2. The first kappa shape index (κ1) is 16.6. The second kappa shape index (κ2) is 7.49. The second-order valence-corrected chi connectivity index (χ2v) is 8.00. The van der Waals surface area contributed by atoms with Crippen molar-refractivity contribution >= 4 is 41.9 Å². The zero-order valence-corrected chi connectivity index (χ0v) is 15.1. The first-order chi connectivity index (χ1) is 10.0. The van der Waals surface area contributed by atoms with Crippen LogP contribution in [0.15, 0.2) is 58.2 Å². The third kappa shape index (κ3) is 4.35. The van der Waals surface area contributed by atoms with Crippen LogP contribution in [0.4, 0.5) is 0 Å². The first-order valence-corrected chi connectivity index (χ1v) is 9.60. The van der Waals surface area contributed by atoms with Crippen LogP contribution in [0.3, 0.4) is 0 Å². The number of hydrogen-bond acceptors (Lipinski definition) is 3. The van der Waals surface area contributed by atoms with E-state index in [0.717, 1.165) is 5.56 Å². The van der Waals surface area contributed by atoms with Crippen molar-refractivity contribution in [3.05, 3.63) is 58.8 Å². The van der Waals surface area contributed by atoms with Crippen molar-refractivity contribution in [1.82, 2.24) is 9.29 Å². The summed E-state index contributed by atoms with van der Waals surface area (Å²) in [5.41, 5.74) is 0.949. The fourth-order valence-corrected chi connectivity index (χ4v) is 4.45. The Morgan fingerprint density at radius 1 is 1.14 bits per heavy atom. The Morgan fingerprint density at radius 2 is 1.86 bits per heavy atom. The SMILES string of the molecule is O=S(=O)(c1cncc(Br)c1)N(CCBr)Cc1ccccc1. The molecule has 1 aromatic carbocycles. The summed E-state index contributed by atoms with van der Waals surface area (Å²) in [5, 5.41) is 0.570. The van der Waals surface area contributed by atoms with Gasteiger partial charge in [0, 0.05) is 35.3 Å². The highest BCUT2D eigenvalue weighted by atomic mass is 79.9. The molecule has 0 aliphatic rings. The summed E-state index contributed by atoms with van der Waals surface area (Å²) in [6, 6.07) is 11.1. The van der Waals surface area contributed by atoms with Crippen molar-refractivity contribution in [2.45, 2.75) is 11.4 Å². The number of sulfonamides is 1. The summed E-state index contributed by atoms with van der Waals surface area (Å²) in [6.07, 6.45) is 2.93. The van der Waals surface area contributed by atoms with E-state index >= 15 is 0 Å². The molecule has 4 nitrogen and oxygen atoms in total. The van der Waals surface area contributed by atoms with Crippen LogP contribution in [0, 0.1) is 0 Å². The third-order valence-corrected chi connectivity index (χ3v) is 5.45. The van der Waals surface area contributed by atoms with Gasteiger partial charge in [0.15, 0.2) is 0 Å². The maximum atomic E-state index is 12.7. The number of hydrogen-bond donors (Lipinski definition) is 0. The molecular formula is C14H14Br2N2O2S. The lowest BCUT2D eigenvalue weighted by Crippen LogP contribution is -2.32. The molecule has 0 spiro atoms. The highest BCUT2D eigenvalue weighted by Gasteiger charge is 2.24. The normalized spacial score (nSPS) is 11.8. The van der Waals surface area contributed by atoms with Gasteiger partial charge in [-0.05, 0) is 27.6 Å². The van der Waals surface area contributed by atoms with Gasteiger partial charge in [-0.1, -0.05) is 46.3 Å². The lowest BCUT2D eigenvalue weighted by molar-refractivity contribution is 0.426. The molecule has 0 amide bonds. The van der Waals surface area contributed by atoms with E-state index in [4.69, 9.17) is 0 Å². The van der Waals surface area contributed by atoms with Crippen LogP contribution in [-0.4, -0.2) is 29.6 Å². The molecule has 0 atom stereocenters. The zero-order chi connectivity index (χ0) is 15.3. The van der Waals surface area contributed by atoms with Crippen molar-refractivity contribution in [3.63, 3.8) is 0 Å². The highest BCUT2D eigenvalue weighted by Crippen LogP contribution is 2.20. The van der Waals surface area contributed by atoms with E-state index in [9.17, 15) is 8.42 Å². The first-order valence-electron chi connectivity index (χ1n) is 6.24. The van der Waals surface area contributed by atoms with E-state index in [2.05, 4.69) is 36.8 Å². The lowest BCUT2D eigenvalue weighted by atomic mass is 10.2. The van der Waals surface area contributed by atoms with Gasteiger partial charge in [-0.25, -0.2) is 8.42 Å². The van der Waals surface area contributed by atoms with Crippen LogP contribution in [0.5, 0.6) is 0 Å². The lowest BCUT2D eigenvalue weighted by Gasteiger charge is -2.21. The zero-order valence-electron chi connectivity index (χ0n) is 11.1. The Kier molecular flexibility index (Phi) is 5.92. The van der Waals surface area contributed by atoms with E-state index in [0.29, 0.717) is 22.9 Å². The molecule has 0 saturated heterocycles. The van der Waals surface area contributed by atoms with Gasteiger partial charge in [0.25, 0.3) is 0 Å². The van der Waals surface area contributed by atoms with Gasteiger partial charge in [0.1, 0.15) is 4.90 Å². The van der Waals surface area contributed by atoms with Gasteiger partial charge in [-0.15, -0.1) is 0 Å². The van der Waals surface area contributed by atoms with Crippen molar-refractivity contribution < 1.29 is 8.42 Å². The average Bonchev–Trinajstić information content (AvgIpc) is 2.48. The van der Waals surface area contributed by atoms with E-state index in [-0.39, 0.29) is 4.90 Å². The number of aromatic nitrogens is 1. The van der Waals surface area contributed by atoms with Crippen LogP contribution in [0.2, 0.25) is 0 Å². The van der Waals surface area contributed by atoms with Crippen molar-refractivity contribution in [3.8, 4) is 0 Å². The summed E-state index contributed by atoms with van der Waals surface area (Å²) in [6.45, 7) is 0.727. The molecule has 21 heavy (non-hydrogen) atoms. The highest BCUT2D eigenvalue weighted by molar-refractivity contribution is 9.10. The van der Waals surface area contributed by atoms with Crippen molar-refractivity contribution in [1.29, 1.82) is 0 Å². The summed E-state index contributed by atoms with van der Waals surface area (Å²) in [4.78, 5) is 4.12. The maximum Gasteiger partial charge on any atom is 0.244 e. The van der Waals surface area contributed by atoms with Gasteiger partial charge in [0.2, 0.25) is 10.0 Å². The molecule has 2 aromatic rings. The van der Waals surface area contributed by atoms with Crippen molar-refractivity contribution in [2.75, 3.05) is 11.9 Å². The number of alkyl halides is 1. The standard InChI is InChI=1S/C14H14Br2N2O2S/c15-6-7-18(11-12-4-2-1-3-5-12)21(19,20)14-8-13(16)9-17-10-14/h1-5,8-10H,6-7,11H2. The van der Waals surface area contributed by atoms with Gasteiger partial charge in [0.05, 0.1) is 0 Å². The van der Waals surface area contributed by atoms with Crippen LogP contribution >= 0.6 is 31.9 Å². The predicted octanol–water partition coefficient (Wildman–Crippen LogP) is 3.43. The molecule has 1 aromatic heterocycles. The minimum atomic E-state index is -3.57. The van der Waals surface area contributed by atoms with Crippen LogP contribution in [0.25, 0.3) is 0 Å². The Balaban J connectivity index is 2.32. The summed E-state index contributed by atoms with van der Waals surface area (Å²) in [7, 11) is -3.57. The van der Waals surface area contributed by atoms with Crippen LogP contribution in [0.1, 0.15) is 5.56 Å². The minimum absolute atomic E-state index is 0.189. The number of benzene rings is 1. The molecule has 7 heteroatoms. The van der Waals surface area contributed by atoms with Crippen molar-refractivity contribution in [2.24, 2.45) is 0 Å². The predicted molar refractivity (Wildman–Crippen MR) is 89.8 cm³/mol. The third-order valence-electron chi connectivity index (χ3n) is 2.85. The summed E-state index contributed by atoms with van der Waals surface area (Å²) < 4.78 is 27.5. The van der Waals surface area contributed by atoms with Gasteiger partial charge in [-0.3, -0.25) is 4.98 Å². The summed E-state index contributed by atoms with van der Waals surface area (Å²) >= 11 is 6.57. The van der Waals surface area contributed by atoms with E-state index in [1.54, 1.807) is 12.3 Å². The maximum absolute atomic E-state index is 12.7. The van der Waals surface area contributed by atoms with Gasteiger partial charge in [-0.2, -0.15) is 4.31 Å². The monoisotopic (exact) mass is 432 g/mol. The Labute approximate surface area is 141 Å². The molecule has 1 heterocycles. The molecule has 0 saturated carbocycles. The number of pyridine rings is 1. The number of halogens is 2. The molecular weight excluding hydrogens is 420 g/mol. The topological polar surface area (TPSA) is 50.3 Å². The summed E-state index contributed by atoms with van der Waals surface area (Å²) in [5.74, 6) is 0. The Hall–Kier alpha value is -0.760. The fraction of sp³-hybridized carbons (Fsp3) is 0.214. The molecule has 2 rings (SSSR count). The minimum Gasteiger partial charge on any atom is -0.262 e. The molecule has 0 bridgehead atoms. The molecule has 0 radical (unpaired) electrons. The molecule has 0 N–H and O–H groups in total. The molecule has 0 fully saturated rings. The Morgan fingerprint density at radius 3 is 2.48 bits per heavy atom. The Bertz CT molecular complexity index is 693. The number of rotatable bonds is 6. The van der Waals surface area contributed by atoms with Gasteiger partial charge < -0.3 is 0 Å². The van der Waals surface area contributed by atoms with Crippen LogP contribution < -0.4 is 0 Å².